The number of alkyl halides is 3. The number of morpholine rings is 1. The molecule has 9 nitrogen and oxygen atoms in total. The second-order valence-electron chi connectivity index (χ2n) is 8.78. The summed E-state index contributed by atoms with van der Waals surface area (Å²) in [5.41, 5.74) is 0.0133. The SMILES string of the molecule is C[C@@H]1COCCN1c1cc(N2CCN(S(=O)(=O)N3CCCCC3)C[C@H]2C(F)(F)F)[nH]c(=O)c1. The number of piperidine rings is 1. The van der Waals surface area contributed by atoms with Gasteiger partial charge in [-0.1, -0.05) is 6.42 Å². The van der Waals surface area contributed by atoms with Crippen LogP contribution in [0.3, 0.4) is 0 Å². The third-order valence-corrected chi connectivity index (χ3v) is 8.51. The van der Waals surface area contributed by atoms with Gasteiger partial charge in [0, 0.05) is 63.1 Å². The molecule has 3 aliphatic heterocycles. The largest absolute Gasteiger partial charge is 0.410 e. The molecular weight excluding hydrogens is 463 g/mol. The molecule has 2 atom stereocenters. The second-order valence-corrected chi connectivity index (χ2v) is 10.7. The highest BCUT2D eigenvalue weighted by molar-refractivity contribution is 7.86. The van der Waals surface area contributed by atoms with E-state index in [9.17, 15) is 26.4 Å². The van der Waals surface area contributed by atoms with Crippen LogP contribution in [0.2, 0.25) is 0 Å². The van der Waals surface area contributed by atoms with Crippen LogP contribution in [0.1, 0.15) is 26.2 Å². The normalized spacial score (nSPS) is 26.5. The number of H-pyrrole nitrogens is 1. The van der Waals surface area contributed by atoms with Gasteiger partial charge >= 0.3 is 6.18 Å². The van der Waals surface area contributed by atoms with Gasteiger partial charge in [0.2, 0.25) is 0 Å². The van der Waals surface area contributed by atoms with Gasteiger partial charge in [-0.05, 0) is 19.8 Å². The zero-order valence-electron chi connectivity index (χ0n) is 18.6. The van der Waals surface area contributed by atoms with E-state index in [2.05, 4.69) is 4.98 Å². The Hall–Kier alpha value is -1.83. The lowest BCUT2D eigenvalue weighted by Crippen LogP contribution is -2.62. The molecule has 1 aromatic heterocycles. The number of hydrogen-bond donors (Lipinski definition) is 1. The average molecular weight is 494 g/mol. The molecule has 1 aromatic rings. The highest BCUT2D eigenvalue weighted by atomic mass is 32.2. The van der Waals surface area contributed by atoms with Gasteiger partial charge in [-0.15, -0.1) is 0 Å². The van der Waals surface area contributed by atoms with Gasteiger partial charge in [-0.25, -0.2) is 0 Å². The predicted molar refractivity (Wildman–Crippen MR) is 118 cm³/mol. The van der Waals surface area contributed by atoms with E-state index in [-0.39, 0.29) is 24.9 Å². The Bertz CT molecular complexity index is 996. The van der Waals surface area contributed by atoms with Gasteiger partial charge in [0.15, 0.2) is 0 Å². The molecule has 1 N–H and O–H groups in total. The summed E-state index contributed by atoms with van der Waals surface area (Å²) in [4.78, 5) is 17.9. The van der Waals surface area contributed by atoms with Crippen molar-refractivity contribution in [1.29, 1.82) is 0 Å². The van der Waals surface area contributed by atoms with Gasteiger partial charge in [0.1, 0.15) is 11.9 Å². The zero-order chi connectivity index (χ0) is 23.8. The first-order chi connectivity index (χ1) is 15.6. The third-order valence-electron chi connectivity index (χ3n) is 6.51. The Morgan fingerprint density at radius 2 is 1.73 bits per heavy atom. The summed E-state index contributed by atoms with van der Waals surface area (Å²) in [5.74, 6) is 0.0357. The van der Waals surface area contributed by atoms with Crippen molar-refractivity contribution < 1.29 is 26.3 Å². The summed E-state index contributed by atoms with van der Waals surface area (Å²) in [6.45, 7) is 3.02. The Kier molecular flexibility index (Phi) is 6.95. The molecule has 4 rings (SSSR count). The minimum Gasteiger partial charge on any atom is -0.377 e. The molecule has 3 fully saturated rings. The number of nitrogens with zero attached hydrogens (tertiary/aromatic N) is 4. The maximum atomic E-state index is 14.1. The highest BCUT2D eigenvalue weighted by Crippen LogP contribution is 2.33. The number of piperazine rings is 1. The van der Waals surface area contributed by atoms with E-state index in [4.69, 9.17) is 4.74 Å². The number of pyridine rings is 1. The first kappa shape index (κ1) is 24.3. The van der Waals surface area contributed by atoms with Crippen LogP contribution in [-0.2, 0) is 14.9 Å². The Labute approximate surface area is 191 Å². The summed E-state index contributed by atoms with van der Waals surface area (Å²) >= 11 is 0. The Balaban J connectivity index is 1.61. The molecule has 0 aromatic carbocycles. The molecule has 186 valence electrons. The molecule has 33 heavy (non-hydrogen) atoms. The lowest BCUT2D eigenvalue weighted by molar-refractivity contribution is -0.153. The van der Waals surface area contributed by atoms with Crippen molar-refractivity contribution in [3.63, 3.8) is 0 Å². The molecule has 0 saturated carbocycles. The standard InChI is InChI=1S/C20H30F3N5O4S/c1-15-14-32-10-9-27(15)16-11-18(24-19(29)12-16)28-8-7-26(13-17(28)20(21,22)23)33(30,31)25-5-3-2-4-6-25/h11-12,15,17H,2-10,13-14H2,1H3,(H,24,29)/t15-,17+/m1/s1. The lowest BCUT2D eigenvalue weighted by atomic mass is 10.1. The Morgan fingerprint density at radius 1 is 1.00 bits per heavy atom. The van der Waals surface area contributed by atoms with Crippen LogP contribution >= 0.6 is 0 Å². The van der Waals surface area contributed by atoms with E-state index < -0.39 is 34.5 Å². The minimum absolute atomic E-state index is 0.0293. The predicted octanol–water partition coefficient (Wildman–Crippen LogP) is 1.38. The fourth-order valence-corrected chi connectivity index (χ4v) is 6.43. The molecule has 0 radical (unpaired) electrons. The van der Waals surface area contributed by atoms with Gasteiger partial charge in [0.05, 0.1) is 13.2 Å². The van der Waals surface area contributed by atoms with Crippen LogP contribution < -0.4 is 15.4 Å². The third kappa shape index (κ3) is 5.15. The van der Waals surface area contributed by atoms with Gasteiger partial charge < -0.3 is 19.5 Å². The lowest BCUT2D eigenvalue weighted by Gasteiger charge is -2.44. The topological polar surface area (TPSA) is 89.2 Å². The monoisotopic (exact) mass is 493 g/mol. The number of aromatic nitrogens is 1. The fourth-order valence-electron chi connectivity index (χ4n) is 4.74. The highest BCUT2D eigenvalue weighted by Gasteiger charge is 2.49. The van der Waals surface area contributed by atoms with Crippen molar-refractivity contribution in [3.8, 4) is 0 Å². The summed E-state index contributed by atoms with van der Waals surface area (Å²) in [7, 11) is -3.98. The first-order valence-corrected chi connectivity index (χ1v) is 12.6. The van der Waals surface area contributed by atoms with Crippen molar-refractivity contribution in [1.82, 2.24) is 13.6 Å². The van der Waals surface area contributed by atoms with Crippen molar-refractivity contribution in [3.05, 3.63) is 22.5 Å². The van der Waals surface area contributed by atoms with E-state index in [1.54, 1.807) is 0 Å². The van der Waals surface area contributed by atoms with Crippen molar-refractivity contribution in [2.24, 2.45) is 0 Å². The number of aromatic amines is 1. The van der Waals surface area contributed by atoms with E-state index in [1.165, 1.54) is 16.4 Å². The number of rotatable bonds is 4. The van der Waals surface area contributed by atoms with Crippen molar-refractivity contribution >= 4 is 21.7 Å². The van der Waals surface area contributed by atoms with Crippen LogP contribution in [0.25, 0.3) is 0 Å². The number of ether oxygens (including phenoxy) is 1. The summed E-state index contributed by atoms with van der Waals surface area (Å²) in [5, 5.41) is 0. The van der Waals surface area contributed by atoms with Crippen LogP contribution in [0.4, 0.5) is 24.7 Å². The molecule has 0 spiro atoms. The van der Waals surface area contributed by atoms with Crippen molar-refractivity contribution in [2.45, 2.75) is 44.4 Å². The van der Waals surface area contributed by atoms with Crippen LogP contribution in [-0.4, -0.2) is 92.8 Å². The molecule has 0 bridgehead atoms. The summed E-state index contributed by atoms with van der Waals surface area (Å²) in [6, 6.07) is 0.805. The molecule has 13 heteroatoms. The summed E-state index contributed by atoms with van der Waals surface area (Å²) < 4.78 is 75.9. The fraction of sp³-hybridized carbons (Fsp3) is 0.750. The average Bonchev–Trinajstić information content (AvgIpc) is 2.78. The number of nitrogens with one attached hydrogen (secondary N) is 1. The molecule has 0 unspecified atom stereocenters. The molecule has 0 amide bonds. The van der Waals surface area contributed by atoms with E-state index in [0.717, 1.165) is 15.6 Å². The van der Waals surface area contributed by atoms with E-state index in [0.29, 0.717) is 51.4 Å². The minimum atomic E-state index is -4.69. The smallest absolute Gasteiger partial charge is 0.377 e. The second kappa shape index (κ2) is 9.43. The van der Waals surface area contributed by atoms with Crippen LogP contribution in [0.15, 0.2) is 16.9 Å². The first-order valence-electron chi connectivity index (χ1n) is 11.2. The zero-order valence-corrected chi connectivity index (χ0v) is 19.4. The van der Waals surface area contributed by atoms with Gasteiger partial charge in [0.25, 0.3) is 15.8 Å². The molecule has 3 aliphatic rings. The van der Waals surface area contributed by atoms with E-state index in [1.807, 2.05) is 11.8 Å². The van der Waals surface area contributed by atoms with Crippen LogP contribution in [0.5, 0.6) is 0 Å². The van der Waals surface area contributed by atoms with E-state index >= 15 is 0 Å². The maximum Gasteiger partial charge on any atom is 0.410 e. The number of hydrogen-bond acceptors (Lipinski definition) is 6. The van der Waals surface area contributed by atoms with Crippen LogP contribution in [0, 0.1) is 0 Å². The number of anilines is 2. The molecule has 0 aliphatic carbocycles. The molecular formula is C20H30F3N5O4S. The number of halogens is 3. The summed E-state index contributed by atoms with van der Waals surface area (Å²) in [6.07, 6.45) is -2.36. The molecule has 3 saturated heterocycles. The maximum absolute atomic E-state index is 14.1. The van der Waals surface area contributed by atoms with Crippen molar-refractivity contribution in [2.75, 3.05) is 62.3 Å². The quantitative estimate of drug-likeness (QED) is 0.682. The molecule has 4 heterocycles. The Morgan fingerprint density at radius 3 is 2.39 bits per heavy atom. The van der Waals surface area contributed by atoms with Gasteiger partial charge in [-0.3, -0.25) is 4.79 Å². The van der Waals surface area contributed by atoms with Gasteiger partial charge in [-0.2, -0.15) is 30.2 Å².